The molecule has 0 bridgehead atoms. The highest BCUT2D eigenvalue weighted by molar-refractivity contribution is 7.78. The first-order valence-electron chi connectivity index (χ1n) is 3.95. The second-order valence-corrected chi connectivity index (χ2v) is 3.17. The van der Waals surface area contributed by atoms with Crippen molar-refractivity contribution in [2.45, 2.75) is 37.8 Å². The van der Waals surface area contributed by atoms with E-state index in [1.54, 1.807) is 0 Å². The quantitative estimate of drug-likeness (QED) is 0.524. The molecule has 0 amide bonds. The van der Waals surface area contributed by atoms with Gasteiger partial charge in [-0.2, -0.15) is 0 Å². The van der Waals surface area contributed by atoms with Gasteiger partial charge in [0.25, 0.3) is 0 Å². The largest absolute Gasteiger partial charge is 0.315 e. The highest BCUT2D eigenvalue weighted by Crippen LogP contribution is 2.18. The number of hydrogen-bond donors (Lipinski definition) is 3. The van der Waals surface area contributed by atoms with Crippen molar-refractivity contribution in [3.05, 3.63) is 0 Å². The Labute approximate surface area is 68.3 Å². The van der Waals surface area contributed by atoms with Crippen molar-refractivity contribution < 1.29 is 0 Å². The van der Waals surface area contributed by atoms with Crippen LogP contribution in [0.3, 0.4) is 0 Å². The number of nitrogens with one attached hydrogen (secondary N) is 2. The minimum atomic E-state index is 0.571. The molecule has 3 heteroatoms. The second-order valence-electron chi connectivity index (χ2n) is 2.92. The Morgan fingerprint density at radius 1 is 1.20 bits per heavy atom. The highest BCUT2D eigenvalue weighted by Gasteiger charge is 2.21. The molecule has 0 aromatic rings. The summed E-state index contributed by atoms with van der Waals surface area (Å²) in [5.74, 6) is 0. The number of hydrogen-bond acceptors (Lipinski definition) is 3. The maximum absolute atomic E-state index is 4.09. The molecule has 1 rings (SSSR count). The first kappa shape index (κ1) is 8.37. The summed E-state index contributed by atoms with van der Waals surface area (Å²) in [6.45, 7) is 0. The van der Waals surface area contributed by atoms with E-state index in [2.05, 4.69) is 22.9 Å². The van der Waals surface area contributed by atoms with E-state index < -0.39 is 0 Å². The molecular weight excluding hydrogens is 144 g/mol. The molecule has 0 radical (unpaired) electrons. The van der Waals surface area contributed by atoms with Gasteiger partial charge in [0.1, 0.15) is 0 Å². The van der Waals surface area contributed by atoms with Crippen LogP contribution in [0.25, 0.3) is 0 Å². The van der Waals surface area contributed by atoms with Gasteiger partial charge in [-0.05, 0) is 19.9 Å². The monoisotopic (exact) mass is 160 g/mol. The van der Waals surface area contributed by atoms with Gasteiger partial charge in [-0.3, -0.25) is 4.72 Å². The third-order valence-corrected chi connectivity index (χ3v) is 2.63. The lowest BCUT2D eigenvalue weighted by atomic mass is 9.91. The molecule has 1 aliphatic rings. The first-order chi connectivity index (χ1) is 4.88. The van der Waals surface area contributed by atoms with Crippen molar-refractivity contribution in [2.24, 2.45) is 0 Å². The van der Waals surface area contributed by atoms with Crippen LogP contribution in [0.15, 0.2) is 0 Å². The summed E-state index contributed by atoms with van der Waals surface area (Å²) in [7, 11) is 2.02. The lowest BCUT2D eigenvalue weighted by Gasteiger charge is -2.30. The van der Waals surface area contributed by atoms with E-state index in [1.807, 2.05) is 7.05 Å². The zero-order valence-electron chi connectivity index (χ0n) is 6.43. The van der Waals surface area contributed by atoms with Crippen LogP contribution in [0.2, 0.25) is 0 Å². The van der Waals surface area contributed by atoms with Crippen LogP contribution in [0.1, 0.15) is 25.7 Å². The molecule has 2 N–H and O–H groups in total. The molecule has 2 unspecified atom stereocenters. The van der Waals surface area contributed by atoms with Crippen LogP contribution in [-0.4, -0.2) is 19.1 Å². The van der Waals surface area contributed by atoms with Crippen LogP contribution >= 0.6 is 12.8 Å². The van der Waals surface area contributed by atoms with Gasteiger partial charge in [-0.15, -0.1) is 0 Å². The van der Waals surface area contributed by atoms with Crippen LogP contribution in [0.5, 0.6) is 0 Å². The van der Waals surface area contributed by atoms with Crippen molar-refractivity contribution in [3.63, 3.8) is 0 Å². The van der Waals surface area contributed by atoms with Crippen LogP contribution < -0.4 is 10.0 Å². The van der Waals surface area contributed by atoms with Gasteiger partial charge in [0.2, 0.25) is 0 Å². The van der Waals surface area contributed by atoms with E-state index in [4.69, 9.17) is 0 Å². The van der Waals surface area contributed by atoms with Gasteiger partial charge in [0.15, 0.2) is 0 Å². The van der Waals surface area contributed by atoms with Crippen molar-refractivity contribution >= 4 is 12.8 Å². The van der Waals surface area contributed by atoms with E-state index in [0.29, 0.717) is 12.1 Å². The van der Waals surface area contributed by atoms with Crippen molar-refractivity contribution in [2.75, 3.05) is 7.05 Å². The maximum Gasteiger partial charge on any atom is 0.0322 e. The molecule has 0 saturated heterocycles. The fourth-order valence-corrected chi connectivity index (χ4v) is 1.94. The summed E-state index contributed by atoms with van der Waals surface area (Å²) in [6, 6.07) is 1.20. The normalized spacial score (nSPS) is 34.2. The Hall–Kier alpha value is 0.270. The van der Waals surface area contributed by atoms with Crippen LogP contribution in [-0.2, 0) is 0 Å². The molecule has 0 aromatic heterocycles. The molecule has 1 fully saturated rings. The zero-order valence-corrected chi connectivity index (χ0v) is 7.32. The lowest BCUT2D eigenvalue weighted by molar-refractivity contribution is 0.331. The molecule has 60 valence electrons. The molecule has 1 saturated carbocycles. The average Bonchev–Trinajstić information content (AvgIpc) is 2.04. The first-order valence-corrected chi connectivity index (χ1v) is 4.40. The molecule has 10 heavy (non-hydrogen) atoms. The van der Waals surface area contributed by atoms with Gasteiger partial charge in [-0.1, -0.05) is 25.7 Å². The summed E-state index contributed by atoms with van der Waals surface area (Å²) in [5, 5.41) is 3.29. The topological polar surface area (TPSA) is 24.1 Å². The Balaban J connectivity index is 2.34. The van der Waals surface area contributed by atoms with Crippen molar-refractivity contribution in [1.82, 2.24) is 10.0 Å². The molecule has 0 heterocycles. The Morgan fingerprint density at radius 3 is 2.20 bits per heavy atom. The molecule has 0 spiro atoms. The minimum absolute atomic E-state index is 0.571. The van der Waals surface area contributed by atoms with E-state index in [0.717, 1.165) is 0 Å². The second kappa shape index (κ2) is 4.21. The predicted octanol–water partition coefficient (Wildman–Crippen LogP) is 0.951. The van der Waals surface area contributed by atoms with E-state index in [9.17, 15) is 0 Å². The van der Waals surface area contributed by atoms with Crippen molar-refractivity contribution in [1.29, 1.82) is 0 Å². The molecule has 0 aliphatic heterocycles. The summed E-state index contributed by atoms with van der Waals surface area (Å²) in [5.41, 5.74) is 0. The molecular formula is C7H16N2S. The maximum atomic E-state index is 4.09. The van der Waals surface area contributed by atoms with Gasteiger partial charge >= 0.3 is 0 Å². The fraction of sp³-hybridized carbons (Fsp3) is 1.00. The lowest BCUT2D eigenvalue weighted by Crippen LogP contribution is -2.45. The SMILES string of the molecule is CNC1CCCCC1NS. The standard InChI is InChI=1S/C7H16N2S/c1-8-6-4-2-3-5-7(6)9-10/h6-10H,2-5H2,1H3. The number of rotatable bonds is 2. The zero-order chi connectivity index (χ0) is 7.40. The Morgan fingerprint density at radius 2 is 1.80 bits per heavy atom. The molecule has 2 nitrogen and oxygen atoms in total. The highest BCUT2D eigenvalue weighted by atomic mass is 32.1. The Kier molecular flexibility index (Phi) is 3.52. The van der Waals surface area contributed by atoms with Gasteiger partial charge in [0, 0.05) is 12.1 Å². The Bertz CT molecular complexity index is 85.6. The third-order valence-electron chi connectivity index (χ3n) is 2.30. The van der Waals surface area contributed by atoms with Crippen LogP contribution in [0, 0.1) is 0 Å². The summed E-state index contributed by atoms with van der Waals surface area (Å²) >= 11 is 4.09. The molecule has 2 atom stereocenters. The molecule has 0 aromatic carbocycles. The van der Waals surface area contributed by atoms with Gasteiger partial charge in [-0.25, -0.2) is 0 Å². The van der Waals surface area contributed by atoms with Crippen LogP contribution in [0.4, 0.5) is 0 Å². The molecule has 1 aliphatic carbocycles. The van der Waals surface area contributed by atoms with E-state index >= 15 is 0 Å². The average molecular weight is 160 g/mol. The van der Waals surface area contributed by atoms with Gasteiger partial charge in [0.05, 0.1) is 0 Å². The van der Waals surface area contributed by atoms with E-state index in [-0.39, 0.29) is 0 Å². The fourth-order valence-electron chi connectivity index (χ4n) is 1.63. The third kappa shape index (κ3) is 1.87. The van der Waals surface area contributed by atoms with E-state index in [1.165, 1.54) is 25.7 Å². The summed E-state index contributed by atoms with van der Waals surface area (Å²) in [4.78, 5) is 0. The predicted molar refractivity (Wildman–Crippen MR) is 47.2 cm³/mol. The van der Waals surface area contributed by atoms with Gasteiger partial charge < -0.3 is 5.32 Å². The summed E-state index contributed by atoms with van der Waals surface area (Å²) in [6.07, 6.45) is 5.25. The smallest absolute Gasteiger partial charge is 0.0322 e. The summed E-state index contributed by atoms with van der Waals surface area (Å²) < 4.78 is 3.04. The van der Waals surface area contributed by atoms with Crippen molar-refractivity contribution in [3.8, 4) is 0 Å². The number of thiol groups is 1. The number of likely N-dealkylation sites (N-methyl/N-ethyl adjacent to an activating group) is 1. The minimum Gasteiger partial charge on any atom is -0.315 e.